The molecule has 1 aromatic carbocycles. The lowest BCUT2D eigenvalue weighted by atomic mass is 9.91. The Balaban J connectivity index is 2.63. The molecule has 1 rings (SSSR count). The lowest BCUT2D eigenvalue weighted by Crippen LogP contribution is -2.24. The van der Waals surface area contributed by atoms with E-state index in [1.165, 1.54) is 0 Å². The SMILES string of the molecule is CCC(C)(C)C(=O)O/N=C\c1ccccc1C. The highest BCUT2D eigenvalue weighted by atomic mass is 16.7. The molecule has 0 fully saturated rings. The Morgan fingerprint density at radius 2 is 2.06 bits per heavy atom. The molecule has 0 bridgehead atoms. The molecule has 0 radical (unpaired) electrons. The van der Waals surface area contributed by atoms with E-state index in [-0.39, 0.29) is 5.97 Å². The van der Waals surface area contributed by atoms with E-state index in [0.717, 1.165) is 17.5 Å². The van der Waals surface area contributed by atoms with Crippen molar-refractivity contribution < 1.29 is 9.63 Å². The van der Waals surface area contributed by atoms with E-state index in [2.05, 4.69) is 5.16 Å². The number of rotatable bonds is 4. The summed E-state index contributed by atoms with van der Waals surface area (Å²) in [6.45, 7) is 7.63. The highest BCUT2D eigenvalue weighted by Crippen LogP contribution is 2.21. The van der Waals surface area contributed by atoms with E-state index in [9.17, 15) is 4.79 Å². The zero-order valence-electron chi connectivity index (χ0n) is 10.9. The van der Waals surface area contributed by atoms with Crippen LogP contribution >= 0.6 is 0 Å². The van der Waals surface area contributed by atoms with Crippen LogP contribution in [0.5, 0.6) is 0 Å². The predicted molar refractivity (Wildman–Crippen MR) is 68.9 cm³/mol. The van der Waals surface area contributed by atoms with Gasteiger partial charge in [-0.05, 0) is 38.3 Å². The van der Waals surface area contributed by atoms with Crippen molar-refractivity contribution >= 4 is 12.2 Å². The molecular formula is C14H19NO2. The van der Waals surface area contributed by atoms with Crippen LogP contribution in [0.3, 0.4) is 0 Å². The maximum Gasteiger partial charge on any atom is 0.340 e. The number of aryl methyl sites for hydroxylation is 1. The van der Waals surface area contributed by atoms with Crippen molar-refractivity contribution in [2.75, 3.05) is 0 Å². The normalized spacial score (nSPS) is 11.8. The van der Waals surface area contributed by atoms with Crippen LogP contribution in [0.2, 0.25) is 0 Å². The Hall–Kier alpha value is -1.64. The standard InChI is InChI=1S/C14H19NO2/c1-5-14(3,4)13(16)17-15-10-12-9-7-6-8-11(12)2/h6-10H,5H2,1-4H3/b15-10-. The van der Waals surface area contributed by atoms with Gasteiger partial charge in [-0.15, -0.1) is 0 Å². The Morgan fingerprint density at radius 1 is 1.41 bits per heavy atom. The molecule has 92 valence electrons. The van der Waals surface area contributed by atoms with Gasteiger partial charge in [-0.2, -0.15) is 0 Å². The van der Waals surface area contributed by atoms with Crippen molar-refractivity contribution in [2.24, 2.45) is 10.6 Å². The molecule has 0 aromatic heterocycles. The molecule has 0 saturated carbocycles. The zero-order valence-corrected chi connectivity index (χ0v) is 10.9. The van der Waals surface area contributed by atoms with E-state index < -0.39 is 5.41 Å². The van der Waals surface area contributed by atoms with Crippen molar-refractivity contribution in [3.8, 4) is 0 Å². The Morgan fingerprint density at radius 3 is 2.65 bits per heavy atom. The Labute approximate surface area is 102 Å². The van der Waals surface area contributed by atoms with Crippen LogP contribution in [0.25, 0.3) is 0 Å². The molecule has 0 saturated heterocycles. The fourth-order valence-corrected chi connectivity index (χ4v) is 1.13. The van der Waals surface area contributed by atoms with Crippen LogP contribution < -0.4 is 0 Å². The van der Waals surface area contributed by atoms with E-state index in [1.807, 2.05) is 52.0 Å². The second-order valence-corrected chi connectivity index (χ2v) is 4.71. The predicted octanol–water partition coefficient (Wildman–Crippen LogP) is 3.31. The summed E-state index contributed by atoms with van der Waals surface area (Å²) in [5.74, 6) is -0.301. The van der Waals surface area contributed by atoms with Crippen LogP contribution in [0.1, 0.15) is 38.3 Å². The van der Waals surface area contributed by atoms with E-state index in [1.54, 1.807) is 6.21 Å². The molecule has 0 heterocycles. The second kappa shape index (κ2) is 5.62. The van der Waals surface area contributed by atoms with Gasteiger partial charge in [0.2, 0.25) is 0 Å². The lowest BCUT2D eigenvalue weighted by molar-refractivity contribution is -0.154. The quantitative estimate of drug-likeness (QED) is 0.454. The van der Waals surface area contributed by atoms with Gasteiger partial charge in [-0.1, -0.05) is 36.3 Å². The Kier molecular flexibility index (Phi) is 4.44. The lowest BCUT2D eigenvalue weighted by Gasteiger charge is -2.17. The van der Waals surface area contributed by atoms with E-state index in [0.29, 0.717) is 0 Å². The third-order valence-corrected chi connectivity index (χ3v) is 2.95. The summed E-state index contributed by atoms with van der Waals surface area (Å²) in [5.41, 5.74) is 1.57. The first-order valence-electron chi connectivity index (χ1n) is 5.78. The van der Waals surface area contributed by atoms with Crippen LogP contribution in [0.15, 0.2) is 29.4 Å². The van der Waals surface area contributed by atoms with Gasteiger partial charge < -0.3 is 4.84 Å². The number of oxime groups is 1. The largest absolute Gasteiger partial charge is 0.340 e. The van der Waals surface area contributed by atoms with Crippen molar-refractivity contribution in [1.29, 1.82) is 0 Å². The smallest absolute Gasteiger partial charge is 0.318 e. The molecule has 0 unspecified atom stereocenters. The van der Waals surface area contributed by atoms with Crippen LogP contribution in [0.4, 0.5) is 0 Å². The first kappa shape index (κ1) is 13.4. The molecule has 0 atom stereocenters. The van der Waals surface area contributed by atoms with Gasteiger partial charge in [-0.3, -0.25) is 0 Å². The van der Waals surface area contributed by atoms with Gasteiger partial charge in [-0.25, -0.2) is 4.79 Å². The number of carbonyl (C=O) groups is 1. The van der Waals surface area contributed by atoms with Crippen molar-refractivity contribution in [2.45, 2.75) is 34.1 Å². The van der Waals surface area contributed by atoms with Gasteiger partial charge >= 0.3 is 5.97 Å². The third-order valence-electron chi connectivity index (χ3n) is 2.95. The molecular weight excluding hydrogens is 214 g/mol. The second-order valence-electron chi connectivity index (χ2n) is 4.71. The molecule has 0 aliphatic rings. The molecule has 0 aliphatic heterocycles. The summed E-state index contributed by atoms with van der Waals surface area (Å²) in [5, 5.41) is 3.74. The van der Waals surface area contributed by atoms with Gasteiger partial charge in [0.05, 0.1) is 11.6 Å². The molecule has 17 heavy (non-hydrogen) atoms. The molecule has 0 N–H and O–H groups in total. The average molecular weight is 233 g/mol. The van der Waals surface area contributed by atoms with Gasteiger partial charge in [0, 0.05) is 0 Å². The molecule has 1 aromatic rings. The molecule has 0 amide bonds. The molecule has 0 aliphatic carbocycles. The highest BCUT2D eigenvalue weighted by Gasteiger charge is 2.27. The summed E-state index contributed by atoms with van der Waals surface area (Å²) in [7, 11) is 0. The van der Waals surface area contributed by atoms with Gasteiger partial charge in [0.25, 0.3) is 0 Å². The number of carbonyl (C=O) groups excluding carboxylic acids is 1. The summed E-state index contributed by atoms with van der Waals surface area (Å²) in [4.78, 5) is 16.5. The first-order chi connectivity index (χ1) is 7.97. The monoisotopic (exact) mass is 233 g/mol. The highest BCUT2D eigenvalue weighted by molar-refractivity contribution is 5.82. The molecule has 3 nitrogen and oxygen atoms in total. The fraction of sp³-hybridized carbons (Fsp3) is 0.429. The van der Waals surface area contributed by atoms with Crippen LogP contribution in [-0.4, -0.2) is 12.2 Å². The van der Waals surface area contributed by atoms with Crippen molar-refractivity contribution in [1.82, 2.24) is 0 Å². The first-order valence-corrected chi connectivity index (χ1v) is 5.78. The van der Waals surface area contributed by atoms with Crippen LogP contribution in [0, 0.1) is 12.3 Å². The minimum absolute atomic E-state index is 0.301. The van der Waals surface area contributed by atoms with Crippen LogP contribution in [-0.2, 0) is 9.63 Å². The average Bonchev–Trinajstić information content (AvgIpc) is 2.31. The van der Waals surface area contributed by atoms with Crippen molar-refractivity contribution in [3.05, 3.63) is 35.4 Å². The fourth-order valence-electron chi connectivity index (χ4n) is 1.13. The summed E-state index contributed by atoms with van der Waals surface area (Å²) >= 11 is 0. The minimum atomic E-state index is -0.483. The summed E-state index contributed by atoms with van der Waals surface area (Å²) in [6, 6.07) is 7.79. The summed E-state index contributed by atoms with van der Waals surface area (Å²) in [6.07, 6.45) is 2.30. The molecule has 0 spiro atoms. The number of benzene rings is 1. The van der Waals surface area contributed by atoms with Gasteiger partial charge in [0.1, 0.15) is 0 Å². The van der Waals surface area contributed by atoms with Crippen molar-refractivity contribution in [3.63, 3.8) is 0 Å². The van der Waals surface area contributed by atoms with E-state index >= 15 is 0 Å². The summed E-state index contributed by atoms with van der Waals surface area (Å²) < 4.78 is 0. The van der Waals surface area contributed by atoms with Gasteiger partial charge in [0.15, 0.2) is 0 Å². The topological polar surface area (TPSA) is 38.7 Å². The number of hydrogen-bond acceptors (Lipinski definition) is 3. The number of hydrogen-bond donors (Lipinski definition) is 0. The minimum Gasteiger partial charge on any atom is -0.318 e. The zero-order chi connectivity index (χ0) is 12.9. The third kappa shape index (κ3) is 3.70. The van der Waals surface area contributed by atoms with E-state index in [4.69, 9.17) is 4.84 Å². The Bertz CT molecular complexity index is 422. The maximum absolute atomic E-state index is 11.6. The maximum atomic E-state index is 11.6. The molecule has 3 heteroatoms. The number of nitrogens with zero attached hydrogens (tertiary/aromatic N) is 1.